The average molecular weight is 312 g/mol. The molecule has 1 rings (SSSR count). The maximum atomic E-state index is 12.2. The zero-order chi connectivity index (χ0) is 14.7. The molecular weight excluding hydrogens is 288 g/mol. The highest BCUT2D eigenvalue weighted by Gasteiger charge is 2.33. The highest BCUT2D eigenvalue weighted by molar-refractivity contribution is 7.93. The summed E-state index contributed by atoms with van der Waals surface area (Å²) in [4.78, 5) is 0. The van der Waals surface area contributed by atoms with E-state index in [1.807, 2.05) is 0 Å². The first-order valence-corrected chi connectivity index (χ1v) is 10.2. The molecule has 0 aromatic rings. The first-order chi connectivity index (χ1) is 8.67. The molecule has 6 nitrogen and oxygen atoms in total. The van der Waals surface area contributed by atoms with Gasteiger partial charge >= 0.3 is 0 Å². The fraction of sp³-hybridized carbons (Fsp3) is 1.00. The van der Waals surface area contributed by atoms with Gasteiger partial charge in [0.1, 0.15) is 9.84 Å². The van der Waals surface area contributed by atoms with Crippen LogP contribution < -0.4 is 5.73 Å². The highest BCUT2D eigenvalue weighted by atomic mass is 32.2. The largest absolute Gasteiger partial charge is 0.330 e. The second-order valence-electron chi connectivity index (χ2n) is 5.31. The van der Waals surface area contributed by atoms with Gasteiger partial charge in [0, 0.05) is 19.3 Å². The van der Waals surface area contributed by atoms with Gasteiger partial charge in [-0.1, -0.05) is 12.8 Å². The van der Waals surface area contributed by atoms with E-state index in [1.165, 1.54) is 11.4 Å². The van der Waals surface area contributed by atoms with Crippen molar-refractivity contribution in [2.45, 2.75) is 31.7 Å². The van der Waals surface area contributed by atoms with Gasteiger partial charge < -0.3 is 5.73 Å². The zero-order valence-corrected chi connectivity index (χ0v) is 13.2. The van der Waals surface area contributed by atoms with E-state index in [0.29, 0.717) is 6.54 Å². The fourth-order valence-electron chi connectivity index (χ4n) is 2.55. The Morgan fingerprint density at radius 2 is 1.68 bits per heavy atom. The summed E-state index contributed by atoms with van der Waals surface area (Å²) in [6, 6.07) is -0.0942. The van der Waals surface area contributed by atoms with Gasteiger partial charge in [-0.15, -0.1) is 0 Å². The van der Waals surface area contributed by atoms with Crippen LogP contribution in [0.25, 0.3) is 0 Å². The van der Waals surface area contributed by atoms with Crippen molar-refractivity contribution < 1.29 is 16.8 Å². The fourth-order valence-corrected chi connectivity index (χ4v) is 5.58. The summed E-state index contributed by atoms with van der Waals surface area (Å²) >= 11 is 0. The standard InChI is InChI=1S/C11H24N2O4S2/c1-13(11-6-4-3-5-10(11)9-12)19(16,17)8-7-18(2,14)15/h10-11H,3-9,12H2,1-2H3. The van der Waals surface area contributed by atoms with Crippen LogP contribution in [0.15, 0.2) is 0 Å². The van der Waals surface area contributed by atoms with Crippen LogP contribution in [-0.4, -0.2) is 58.5 Å². The lowest BCUT2D eigenvalue weighted by molar-refractivity contribution is 0.204. The van der Waals surface area contributed by atoms with Gasteiger partial charge in [0.05, 0.1) is 11.5 Å². The van der Waals surface area contributed by atoms with Crippen molar-refractivity contribution in [2.75, 3.05) is 31.4 Å². The third-order valence-corrected chi connectivity index (χ3v) is 6.86. The summed E-state index contributed by atoms with van der Waals surface area (Å²) in [5.41, 5.74) is 5.70. The smallest absolute Gasteiger partial charge is 0.215 e. The molecular formula is C11H24N2O4S2. The molecule has 0 radical (unpaired) electrons. The summed E-state index contributed by atoms with van der Waals surface area (Å²) in [5, 5.41) is 0. The number of sulfonamides is 1. The Balaban J connectivity index is 2.76. The molecule has 0 bridgehead atoms. The van der Waals surface area contributed by atoms with E-state index in [-0.39, 0.29) is 23.5 Å². The SMILES string of the molecule is CN(C1CCCCC1CN)S(=O)(=O)CCS(C)(=O)=O. The van der Waals surface area contributed by atoms with Crippen LogP contribution in [-0.2, 0) is 19.9 Å². The maximum Gasteiger partial charge on any atom is 0.215 e. The van der Waals surface area contributed by atoms with E-state index in [2.05, 4.69) is 0 Å². The lowest BCUT2D eigenvalue weighted by atomic mass is 9.85. The van der Waals surface area contributed by atoms with Crippen LogP contribution in [0, 0.1) is 5.92 Å². The molecule has 1 aliphatic carbocycles. The van der Waals surface area contributed by atoms with Crippen LogP contribution in [0.2, 0.25) is 0 Å². The summed E-state index contributed by atoms with van der Waals surface area (Å²) in [7, 11) is -5.27. The lowest BCUT2D eigenvalue weighted by Crippen LogP contribution is -2.47. The van der Waals surface area contributed by atoms with Gasteiger partial charge in [-0.2, -0.15) is 0 Å². The summed E-state index contributed by atoms with van der Waals surface area (Å²) in [6.07, 6.45) is 4.86. The Hall–Kier alpha value is -0.180. The lowest BCUT2D eigenvalue weighted by Gasteiger charge is -2.36. The predicted molar refractivity (Wildman–Crippen MR) is 76.1 cm³/mol. The molecule has 0 aromatic carbocycles. The predicted octanol–water partition coefficient (Wildman–Crippen LogP) is -0.190. The Morgan fingerprint density at radius 1 is 1.11 bits per heavy atom. The first kappa shape index (κ1) is 16.9. The average Bonchev–Trinajstić information content (AvgIpc) is 2.35. The van der Waals surface area contributed by atoms with Crippen molar-refractivity contribution in [1.29, 1.82) is 0 Å². The second-order valence-corrected chi connectivity index (χ2v) is 9.72. The Labute approximate surface area is 116 Å². The minimum atomic E-state index is -3.54. The number of nitrogens with two attached hydrogens (primary N) is 1. The molecule has 2 N–H and O–H groups in total. The molecule has 1 saturated carbocycles. The molecule has 8 heteroatoms. The number of sulfone groups is 1. The van der Waals surface area contributed by atoms with Gasteiger partial charge in [-0.05, 0) is 25.3 Å². The number of rotatable bonds is 6. The quantitative estimate of drug-likeness (QED) is 0.733. The third-order valence-electron chi connectivity index (χ3n) is 3.79. The summed E-state index contributed by atoms with van der Waals surface area (Å²) in [5.74, 6) is -0.512. The van der Waals surface area contributed by atoms with Crippen LogP contribution in [0.5, 0.6) is 0 Å². The number of nitrogens with zero attached hydrogens (tertiary/aromatic N) is 1. The minimum absolute atomic E-state index is 0.0942. The number of hydrogen-bond acceptors (Lipinski definition) is 5. The molecule has 0 amide bonds. The molecule has 0 aliphatic heterocycles. The van der Waals surface area contributed by atoms with Crippen LogP contribution in [0.1, 0.15) is 25.7 Å². The van der Waals surface area contributed by atoms with Gasteiger partial charge in [0.25, 0.3) is 0 Å². The zero-order valence-electron chi connectivity index (χ0n) is 11.6. The van der Waals surface area contributed by atoms with Crippen molar-refractivity contribution >= 4 is 19.9 Å². The summed E-state index contributed by atoms with van der Waals surface area (Å²) in [6.45, 7) is 0.469. The van der Waals surface area contributed by atoms with E-state index in [0.717, 1.165) is 31.9 Å². The van der Waals surface area contributed by atoms with Crippen molar-refractivity contribution in [1.82, 2.24) is 4.31 Å². The van der Waals surface area contributed by atoms with E-state index < -0.39 is 19.9 Å². The molecule has 0 heterocycles. The highest BCUT2D eigenvalue weighted by Crippen LogP contribution is 2.28. The summed E-state index contributed by atoms with van der Waals surface area (Å²) < 4.78 is 47.8. The van der Waals surface area contributed by atoms with Crippen molar-refractivity contribution in [2.24, 2.45) is 11.7 Å². The molecule has 114 valence electrons. The Morgan fingerprint density at radius 3 is 2.21 bits per heavy atom. The van der Waals surface area contributed by atoms with Gasteiger partial charge in [0.2, 0.25) is 10.0 Å². The van der Waals surface area contributed by atoms with E-state index >= 15 is 0 Å². The van der Waals surface area contributed by atoms with E-state index in [4.69, 9.17) is 5.73 Å². The molecule has 2 atom stereocenters. The van der Waals surface area contributed by atoms with Gasteiger partial charge in [-0.3, -0.25) is 0 Å². The van der Waals surface area contributed by atoms with E-state index in [9.17, 15) is 16.8 Å². The van der Waals surface area contributed by atoms with Gasteiger partial charge in [0.15, 0.2) is 0 Å². The van der Waals surface area contributed by atoms with Crippen LogP contribution in [0.3, 0.4) is 0 Å². The second kappa shape index (κ2) is 6.51. The van der Waals surface area contributed by atoms with E-state index in [1.54, 1.807) is 0 Å². The molecule has 1 aliphatic rings. The van der Waals surface area contributed by atoms with Crippen molar-refractivity contribution in [3.05, 3.63) is 0 Å². The maximum absolute atomic E-state index is 12.2. The topological polar surface area (TPSA) is 97.5 Å². The first-order valence-electron chi connectivity index (χ1n) is 6.51. The normalized spacial score (nSPS) is 25.7. The Kier molecular flexibility index (Phi) is 5.78. The van der Waals surface area contributed by atoms with Crippen LogP contribution in [0.4, 0.5) is 0 Å². The van der Waals surface area contributed by atoms with Crippen LogP contribution >= 0.6 is 0 Å². The van der Waals surface area contributed by atoms with Gasteiger partial charge in [-0.25, -0.2) is 21.1 Å². The molecule has 0 saturated heterocycles. The Bertz CT molecular complexity index is 487. The molecule has 0 aromatic heterocycles. The molecule has 0 spiro atoms. The van der Waals surface area contributed by atoms with Crippen molar-refractivity contribution in [3.63, 3.8) is 0 Å². The van der Waals surface area contributed by atoms with Crippen molar-refractivity contribution in [3.8, 4) is 0 Å². The minimum Gasteiger partial charge on any atom is -0.330 e. The molecule has 19 heavy (non-hydrogen) atoms. The third kappa shape index (κ3) is 5.02. The monoisotopic (exact) mass is 312 g/mol. The molecule has 2 unspecified atom stereocenters. The number of hydrogen-bond donors (Lipinski definition) is 1. The molecule has 1 fully saturated rings.